The van der Waals surface area contributed by atoms with E-state index in [1.807, 2.05) is 0 Å². The van der Waals surface area contributed by atoms with Gasteiger partial charge in [0.25, 0.3) is 0 Å². The van der Waals surface area contributed by atoms with E-state index in [1.54, 1.807) is 0 Å². The highest BCUT2D eigenvalue weighted by molar-refractivity contribution is 6.81. The Morgan fingerprint density at radius 3 is 2.38 bits per heavy atom. The SMILES string of the molecule is C=CCC1(CN(CC)CC)C=C/C(=C\[Si](C)(C)C)c2ccccc21. The summed E-state index contributed by atoms with van der Waals surface area (Å²) in [5.74, 6) is 0. The van der Waals surface area contributed by atoms with E-state index in [2.05, 4.69) is 93.2 Å². The third-order valence-corrected chi connectivity index (χ3v) is 6.03. The maximum Gasteiger partial charge on any atom is 0.0695 e. The van der Waals surface area contributed by atoms with Crippen molar-refractivity contribution in [2.24, 2.45) is 0 Å². The maximum atomic E-state index is 4.05. The highest BCUT2D eigenvalue weighted by atomic mass is 28.3. The molecule has 1 aromatic rings. The van der Waals surface area contributed by atoms with Crippen LogP contribution < -0.4 is 0 Å². The molecule has 0 radical (unpaired) electrons. The van der Waals surface area contributed by atoms with Crippen molar-refractivity contribution in [3.8, 4) is 0 Å². The number of hydrogen-bond donors (Lipinski definition) is 0. The molecule has 0 saturated heterocycles. The van der Waals surface area contributed by atoms with Gasteiger partial charge in [-0.2, -0.15) is 0 Å². The number of fused-ring (bicyclic) bond motifs is 1. The Morgan fingerprint density at radius 1 is 1.12 bits per heavy atom. The number of hydrogen-bond acceptors (Lipinski definition) is 1. The normalized spacial score (nSPS) is 22.0. The van der Waals surface area contributed by atoms with Crippen molar-refractivity contribution in [3.05, 3.63) is 65.9 Å². The summed E-state index contributed by atoms with van der Waals surface area (Å²) < 4.78 is 0. The second kappa shape index (κ2) is 7.67. The van der Waals surface area contributed by atoms with Crippen LogP contribution in [-0.4, -0.2) is 32.6 Å². The van der Waals surface area contributed by atoms with Crippen LogP contribution in [0, 0.1) is 0 Å². The van der Waals surface area contributed by atoms with Crippen LogP contribution >= 0.6 is 0 Å². The summed E-state index contributed by atoms with van der Waals surface area (Å²) in [6, 6.07) is 8.98. The molecule has 130 valence electrons. The zero-order chi connectivity index (χ0) is 17.8. The first kappa shape index (κ1) is 18.9. The lowest BCUT2D eigenvalue weighted by molar-refractivity contribution is 0.250. The highest BCUT2D eigenvalue weighted by Gasteiger charge is 2.35. The van der Waals surface area contributed by atoms with Crippen molar-refractivity contribution >= 4 is 13.6 Å². The molecule has 0 heterocycles. The Labute approximate surface area is 149 Å². The van der Waals surface area contributed by atoms with Crippen LogP contribution in [-0.2, 0) is 5.41 Å². The lowest BCUT2D eigenvalue weighted by Crippen LogP contribution is -2.41. The van der Waals surface area contributed by atoms with Crippen molar-refractivity contribution in [2.45, 2.75) is 45.3 Å². The van der Waals surface area contributed by atoms with Crippen LogP contribution in [0.3, 0.4) is 0 Å². The standard InChI is InChI=1S/C22H33NSi/c1-7-15-22(18-23(8-2)9-3)16-14-19(17-24(4,5)6)20-12-10-11-13-21(20)22/h7,10-14,16-17H,1,8-9,15,18H2,2-6H3/b19-17+. The predicted octanol–water partition coefficient (Wildman–Crippen LogP) is 5.67. The second-order valence-electron chi connectivity index (χ2n) is 7.95. The zero-order valence-corrected chi connectivity index (χ0v) is 17.1. The molecule has 2 rings (SSSR count). The van der Waals surface area contributed by atoms with E-state index in [0.717, 1.165) is 26.1 Å². The monoisotopic (exact) mass is 339 g/mol. The predicted molar refractivity (Wildman–Crippen MR) is 111 cm³/mol. The molecule has 0 N–H and O–H groups in total. The highest BCUT2D eigenvalue weighted by Crippen LogP contribution is 2.41. The van der Waals surface area contributed by atoms with E-state index in [0.29, 0.717) is 0 Å². The number of likely N-dealkylation sites (N-methyl/N-ethyl adjacent to an activating group) is 1. The molecule has 2 heteroatoms. The largest absolute Gasteiger partial charge is 0.303 e. The summed E-state index contributed by atoms with van der Waals surface area (Å²) in [6.45, 7) is 19.0. The van der Waals surface area contributed by atoms with E-state index in [-0.39, 0.29) is 5.41 Å². The van der Waals surface area contributed by atoms with Gasteiger partial charge in [0.1, 0.15) is 0 Å². The molecular formula is C22H33NSi. The Bertz CT molecular complexity index is 632. The van der Waals surface area contributed by atoms with E-state index in [1.165, 1.54) is 16.7 Å². The summed E-state index contributed by atoms with van der Waals surface area (Å²) in [5, 5.41) is 0. The van der Waals surface area contributed by atoms with Gasteiger partial charge in [-0.15, -0.1) is 6.58 Å². The first-order valence-corrected chi connectivity index (χ1v) is 12.8. The maximum absolute atomic E-state index is 4.05. The van der Waals surface area contributed by atoms with Gasteiger partial charge in [-0.25, -0.2) is 0 Å². The summed E-state index contributed by atoms with van der Waals surface area (Å²) in [5.41, 5.74) is 6.85. The Balaban J connectivity index is 2.57. The smallest absolute Gasteiger partial charge is 0.0695 e. The third kappa shape index (κ3) is 4.17. The molecule has 0 fully saturated rings. The lowest BCUT2D eigenvalue weighted by atomic mass is 9.70. The van der Waals surface area contributed by atoms with Gasteiger partial charge in [-0.1, -0.05) is 81.7 Å². The van der Waals surface area contributed by atoms with Crippen LogP contribution in [0.2, 0.25) is 19.6 Å². The van der Waals surface area contributed by atoms with Crippen molar-refractivity contribution in [3.63, 3.8) is 0 Å². The van der Waals surface area contributed by atoms with Crippen LogP contribution in [0.5, 0.6) is 0 Å². The van der Waals surface area contributed by atoms with E-state index >= 15 is 0 Å². The molecule has 1 aromatic carbocycles. The van der Waals surface area contributed by atoms with Gasteiger partial charge < -0.3 is 4.90 Å². The van der Waals surface area contributed by atoms with Gasteiger partial charge in [-0.3, -0.25) is 0 Å². The van der Waals surface area contributed by atoms with Crippen LogP contribution in [0.1, 0.15) is 31.4 Å². The molecule has 1 nitrogen and oxygen atoms in total. The fourth-order valence-electron chi connectivity index (χ4n) is 3.67. The molecule has 0 aromatic heterocycles. The molecule has 0 bridgehead atoms. The van der Waals surface area contributed by atoms with Gasteiger partial charge in [0.05, 0.1) is 8.07 Å². The second-order valence-corrected chi connectivity index (χ2v) is 13.0. The molecule has 0 aliphatic heterocycles. The van der Waals surface area contributed by atoms with Crippen molar-refractivity contribution < 1.29 is 0 Å². The summed E-state index contributed by atoms with van der Waals surface area (Å²) in [7, 11) is -1.27. The topological polar surface area (TPSA) is 3.24 Å². The minimum Gasteiger partial charge on any atom is -0.303 e. The average molecular weight is 340 g/mol. The minimum atomic E-state index is -1.27. The molecule has 24 heavy (non-hydrogen) atoms. The Kier molecular flexibility index (Phi) is 6.05. The molecule has 1 unspecified atom stereocenters. The van der Waals surface area contributed by atoms with Crippen LogP contribution in [0.4, 0.5) is 0 Å². The van der Waals surface area contributed by atoms with Crippen LogP contribution in [0.25, 0.3) is 5.57 Å². The van der Waals surface area contributed by atoms with Crippen LogP contribution in [0.15, 0.2) is 54.8 Å². The van der Waals surface area contributed by atoms with E-state index in [9.17, 15) is 0 Å². The molecule has 0 amide bonds. The fraction of sp³-hybridized carbons (Fsp3) is 0.455. The van der Waals surface area contributed by atoms with E-state index in [4.69, 9.17) is 0 Å². The Hall–Kier alpha value is -1.38. The van der Waals surface area contributed by atoms with Gasteiger partial charge in [0.2, 0.25) is 0 Å². The van der Waals surface area contributed by atoms with Gasteiger partial charge in [0, 0.05) is 12.0 Å². The summed E-state index contributed by atoms with van der Waals surface area (Å²) in [4.78, 5) is 2.53. The average Bonchev–Trinajstić information content (AvgIpc) is 2.55. The van der Waals surface area contributed by atoms with Crippen molar-refractivity contribution in [1.82, 2.24) is 4.90 Å². The summed E-state index contributed by atoms with van der Waals surface area (Å²) >= 11 is 0. The fourth-order valence-corrected chi connectivity index (χ4v) is 4.86. The molecular weight excluding hydrogens is 306 g/mol. The molecule has 0 spiro atoms. The van der Waals surface area contributed by atoms with Gasteiger partial charge in [-0.05, 0) is 36.2 Å². The first-order chi connectivity index (χ1) is 11.3. The van der Waals surface area contributed by atoms with Crippen molar-refractivity contribution in [2.75, 3.05) is 19.6 Å². The number of rotatable bonds is 7. The lowest BCUT2D eigenvalue weighted by Gasteiger charge is -2.39. The zero-order valence-electron chi connectivity index (χ0n) is 16.1. The first-order valence-electron chi connectivity index (χ1n) is 9.20. The molecule has 1 aliphatic rings. The minimum absolute atomic E-state index is 0.0428. The quantitative estimate of drug-likeness (QED) is 0.457. The molecule has 1 atom stereocenters. The molecule has 0 saturated carbocycles. The third-order valence-electron chi connectivity index (χ3n) is 4.85. The summed E-state index contributed by atoms with van der Waals surface area (Å²) in [6.07, 6.45) is 7.88. The Morgan fingerprint density at radius 2 is 1.79 bits per heavy atom. The van der Waals surface area contributed by atoms with E-state index < -0.39 is 8.07 Å². The number of allylic oxidation sites excluding steroid dienone is 3. The van der Waals surface area contributed by atoms with Crippen molar-refractivity contribution in [1.29, 1.82) is 0 Å². The number of nitrogens with zero attached hydrogens (tertiary/aromatic N) is 1. The molecule has 1 aliphatic carbocycles. The van der Waals surface area contributed by atoms with Gasteiger partial charge in [0.15, 0.2) is 0 Å². The number of benzene rings is 1. The van der Waals surface area contributed by atoms with Gasteiger partial charge >= 0.3 is 0 Å².